The summed E-state index contributed by atoms with van der Waals surface area (Å²) in [6, 6.07) is 9.02. The van der Waals surface area contributed by atoms with Crippen molar-refractivity contribution in [2.24, 2.45) is 11.7 Å². The fourth-order valence-corrected chi connectivity index (χ4v) is 6.61. The molecule has 0 unspecified atom stereocenters. The fourth-order valence-electron chi connectivity index (χ4n) is 6.61. The normalized spacial score (nSPS) is 17.1. The van der Waals surface area contributed by atoms with Gasteiger partial charge in [-0.05, 0) is 61.2 Å². The summed E-state index contributed by atoms with van der Waals surface area (Å²) in [4.78, 5) is 37.4. The lowest BCUT2D eigenvalue weighted by molar-refractivity contribution is -0.893. The number of nitrogens with zero attached hydrogens (tertiary/aromatic N) is 4. The molecule has 1 heterocycles. The second-order valence-electron chi connectivity index (χ2n) is 12.8. The number of likely N-dealkylation sites (N-methyl/N-ethyl adjacent to an activating group) is 1. The van der Waals surface area contributed by atoms with E-state index in [1.165, 1.54) is 58.3 Å². The molecule has 14 heteroatoms. The molecule has 0 saturated heterocycles. The number of ether oxygens (including phenoxy) is 2. The summed E-state index contributed by atoms with van der Waals surface area (Å²) in [7, 11) is 6.79. The number of guanidine groups is 1. The van der Waals surface area contributed by atoms with Gasteiger partial charge in [0.25, 0.3) is 6.47 Å². The summed E-state index contributed by atoms with van der Waals surface area (Å²) >= 11 is 0. The lowest BCUT2D eigenvalue weighted by Crippen LogP contribution is -2.55. The van der Waals surface area contributed by atoms with Gasteiger partial charge in [0.05, 0.1) is 64.2 Å². The van der Waals surface area contributed by atoms with Gasteiger partial charge in [-0.15, -0.1) is 0 Å². The first-order valence-electron chi connectivity index (χ1n) is 15.8. The van der Waals surface area contributed by atoms with Crippen LogP contribution in [0.2, 0.25) is 0 Å². The van der Waals surface area contributed by atoms with Crippen LogP contribution >= 0.6 is 0 Å². The number of nitriles is 1. The van der Waals surface area contributed by atoms with E-state index in [1.807, 2.05) is 0 Å². The molecule has 1 aliphatic carbocycles. The van der Waals surface area contributed by atoms with Gasteiger partial charge in [-0.3, -0.25) is 20.0 Å². The second kappa shape index (κ2) is 16.5. The zero-order valence-electron chi connectivity index (χ0n) is 28.5. The zero-order valence-corrected chi connectivity index (χ0v) is 28.5. The molecule has 2 amide bonds. The highest BCUT2D eigenvalue weighted by Crippen LogP contribution is 2.42. The highest BCUT2D eigenvalue weighted by Gasteiger charge is 2.45. The molecule has 0 bridgehead atoms. The largest absolute Gasteiger partial charge is 0.471 e. The minimum atomic E-state index is -4.66. The molecule has 2 aromatic rings. The Morgan fingerprint density at radius 3 is 2.33 bits per heavy atom. The third-order valence-electron chi connectivity index (χ3n) is 8.90. The first kappa shape index (κ1) is 38.5. The predicted molar refractivity (Wildman–Crippen MR) is 177 cm³/mol. The third kappa shape index (κ3) is 9.38. The molecule has 0 radical (unpaired) electrons. The molecule has 1 atom stereocenters. The lowest BCUT2D eigenvalue weighted by Gasteiger charge is -2.43. The summed E-state index contributed by atoms with van der Waals surface area (Å²) in [6.45, 7) is 3.55. The van der Waals surface area contributed by atoms with Gasteiger partial charge in [0.1, 0.15) is 6.04 Å². The molecule has 2 aliphatic rings. The Morgan fingerprint density at radius 2 is 1.78 bits per heavy atom. The number of hydrogen-bond donors (Lipinski definition) is 2. The number of rotatable bonds is 9. The number of methoxy groups -OCH3 is 2. The van der Waals surface area contributed by atoms with Crippen LogP contribution in [-0.4, -0.2) is 75.2 Å². The average molecular weight is 686 g/mol. The molecular formula is C35H44F3N6O5+. The van der Waals surface area contributed by atoms with Crippen molar-refractivity contribution in [1.82, 2.24) is 4.90 Å². The zero-order chi connectivity index (χ0) is 36.5. The van der Waals surface area contributed by atoms with E-state index < -0.39 is 35.7 Å². The maximum atomic E-state index is 13.6. The number of esters is 1. The number of nitrogens with one attached hydrogen (secondary N) is 1. The van der Waals surface area contributed by atoms with Crippen molar-refractivity contribution in [3.63, 3.8) is 0 Å². The molecule has 0 spiro atoms. The average Bonchev–Trinajstić information content (AvgIpc) is 3.06. The van der Waals surface area contributed by atoms with Gasteiger partial charge in [0, 0.05) is 23.7 Å². The standard InChI is InChI=1S/C33H39F3N6O3.C2H4O2/c1-21-28(30(43)45-4)29(41(32(39)44)31(38)40(21)26-12-8-11-25(18-26)33(34,35)36)27-14-13-23(19-37)17-24(27)15-16-42(2,3)20-22-9-6-5-7-10-22;1-4-2-3/h8,11-14,17-18,22,29,38H,5-7,9-10,15-16,20H2,1-4H3,(H-,39,44);2H,1H3/p+1/t29-;/m1./s1. The molecular weight excluding hydrogens is 641 g/mol. The van der Waals surface area contributed by atoms with E-state index in [2.05, 4.69) is 24.9 Å². The predicted octanol–water partition coefficient (Wildman–Crippen LogP) is 5.89. The number of benzene rings is 2. The van der Waals surface area contributed by atoms with E-state index in [0.717, 1.165) is 40.1 Å². The van der Waals surface area contributed by atoms with E-state index in [-0.39, 0.29) is 17.0 Å². The van der Waals surface area contributed by atoms with Gasteiger partial charge in [0.15, 0.2) is 0 Å². The van der Waals surface area contributed by atoms with Crippen molar-refractivity contribution in [1.29, 1.82) is 10.7 Å². The van der Waals surface area contributed by atoms with Gasteiger partial charge < -0.3 is 19.7 Å². The molecule has 3 N–H and O–H groups in total. The number of quaternary nitrogens is 1. The minimum absolute atomic E-state index is 0.0633. The second-order valence-corrected chi connectivity index (χ2v) is 12.8. The number of allylic oxidation sites excluding steroid dienone is 1. The number of halogens is 3. The highest BCUT2D eigenvalue weighted by atomic mass is 19.4. The quantitative estimate of drug-likeness (QED) is 0.190. The molecule has 1 aliphatic heterocycles. The van der Waals surface area contributed by atoms with Gasteiger partial charge in [-0.1, -0.05) is 31.4 Å². The van der Waals surface area contributed by atoms with Crippen molar-refractivity contribution in [2.75, 3.05) is 46.3 Å². The van der Waals surface area contributed by atoms with E-state index in [4.69, 9.17) is 20.7 Å². The summed E-state index contributed by atoms with van der Waals surface area (Å²) in [5, 5.41) is 18.7. The monoisotopic (exact) mass is 685 g/mol. The number of urea groups is 1. The van der Waals surface area contributed by atoms with E-state index in [9.17, 15) is 28.0 Å². The van der Waals surface area contributed by atoms with Crippen LogP contribution in [0.4, 0.5) is 23.7 Å². The molecule has 2 aromatic carbocycles. The Balaban J connectivity index is 0.00000154. The number of primary amides is 1. The molecule has 4 rings (SSSR count). The molecule has 264 valence electrons. The fraction of sp³-hybridized carbons (Fsp3) is 0.457. The molecule has 0 aromatic heterocycles. The number of nitrogens with two attached hydrogens (primary N) is 1. The van der Waals surface area contributed by atoms with Crippen molar-refractivity contribution >= 4 is 30.1 Å². The van der Waals surface area contributed by atoms with E-state index in [0.29, 0.717) is 42.0 Å². The van der Waals surface area contributed by atoms with Crippen LogP contribution in [0.15, 0.2) is 53.7 Å². The lowest BCUT2D eigenvalue weighted by atomic mass is 9.87. The Kier molecular flexibility index (Phi) is 13.0. The summed E-state index contributed by atoms with van der Waals surface area (Å²) in [5.74, 6) is -0.737. The number of alkyl halides is 3. The van der Waals surface area contributed by atoms with Gasteiger partial charge in [-0.25, -0.2) is 9.59 Å². The topological polar surface area (TPSA) is 150 Å². The van der Waals surface area contributed by atoms with Crippen LogP contribution in [0.3, 0.4) is 0 Å². The van der Waals surface area contributed by atoms with Crippen molar-refractivity contribution in [3.05, 3.63) is 76.0 Å². The van der Waals surface area contributed by atoms with Gasteiger partial charge in [0.2, 0.25) is 5.96 Å². The smallest absolute Gasteiger partial charge is 0.416 e. The maximum absolute atomic E-state index is 13.6. The summed E-state index contributed by atoms with van der Waals surface area (Å²) in [5.41, 5.74) is 6.38. The Morgan fingerprint density at radius 1 is 1.12 bits per heavy atom. The van der Waals surface area contributed by atoms with Crippen LogP contribution in [0, 0.1) is 22.7 Å². The maximum Gasteiger partial charge on any atom is 0.416 e. The van der Waals surface area contributed by atoms with Crippen LogP contribution in [0.1, 0.15) is 67.3 Å². The van der Waals surface area contributed by atoms with E-state index >= 15 is 0 Å². The first-order chi connectivity index (χ1) is 23.1. The molecule has 1 saturated carbocycles. The SMILES string of the molecule is COC(=O)C1=C(C)N(c2cccc(C(F)(F)F)c2)C(=N)N(C(N)=O)[C@@H]1c1ccc(C#N)cc1CC[N+](C)(C)CC1CCCCC1.COC=O. The van der Waals surface area contributed by atoms with E-state index in [1.54, 1.807) is 18.2 Å². The third-order valence-corrected chi connectivity index (χ3v) is 8.90. The molecule has 1 fully saturated rings. The number of anilines is 1. The number of carbonyl (C=O) groups excluding carboxylic acids is 3. The van der Waals surface area contributed by atoms with Crippen LogP contribution in [0.5, 0.6) is 0 Å². The van der Waals surface area contributed by atoms with Crippen molar-refractivity contribution < 1.29 is 41.5 Å². The Bertz CT molecular complexity index is 1610. The Labute approximate surface area is 284 Å². The number of hydrogen-bond acceptors (Lipinski definition) is 7. The molecule has 11 nitrogen and oxygen atoms in total. The number of amides is 2. The van der Waals surface area contributed by atoms with Crippen LogP contribution in [-0.2, 0) is 31.7 Å². The first-order valence-corrected chi connectivity index (χ1v) is 15.8. The van der Waals surface area contributed by atoms with Gasteiger partial charge >= 0.3 is 18.2 Å². The highest BCUT2D eigenvalue weighted by molar-refractivity contribution is 6.10. The van der Waals surface area contributed by atoms with Crippen LogP contribution < -0.4 is 10.6 Å². The van der Waals surface area contributed by atoms with Crippen LogP contribution in [0.25, 0.3) is 0 Å². The summed E-state index contributed by atoms with van der Waals surface area (Å²) < 4.78 is 50.5. The minimum Gasteiger partial charge on any atom is -0.471 e. The van der Waals surface area contributed by atoms with Gasteiger partial charge in [-0.2, -0.15) is 18.4 Å². The Hall–Kier alpha value is -4.90. The molecule has 49 heavy (non-hydrogen) atoms. The number of carbonyl (C=O) groups is 3. The van der Waals surface area contributed by atoms with Crippen molar-refractivity contribution in [2.45, 2.75) is 57.7 Å². The van der Waals surface area contributed by atoms with Crippen molar-refractivity contribution in [3.8, 4) is 6.07 Å². The summed E-state index contributed by atoms with van der Waals surface area (Å²) in [6.07, 6.45) is 1.95.